The van der Waals surface area contributed by atoms with Crippen LogP contribution in [0.15, 0.2) is 89.4 Å². The SMILES string of the molecule is CC(=O)C1=C(O)C(C(C)C)[C@@]2(C)C[C@@]3(C)Cc4c(-c5cccc(CCCc6ccccc6)c5)ccc(O)c4C(=O)C3=C(O)[C@@]2(O)C1=O. The first kappa shape index (κ1) is 32.5. The molecule has 0 saturated heterocycles. The van der Waals surface area contributed by atoms with Crippen LogP contribution in [0.3, 0.4) is 0 Å². The number of aliphatic hydroxyl groups is 3. The molecule has 7 heteroatoms. The lowest BCUT2D eigenvalue weighted by Gasteiger charge is -2.59. The molecule has 0 spiro atoms. The number of carbonyl (C=O) groups is 3. The van der Waals surface area contributed by atoms with Crippen LogP contribution in [0.25, 0.3) is 11.1 Å². The molecule has 4 N–H and O–H groups in total. The van der Waals surface area contributed by atoms with Gasteiger partial charge in [-0.15, -0.1) is 0 Å². The number of Topliss-reactive ketones (excluding diaryl/α,β-unsaturated/α-hetero) is 3. The minimum atomic E-state index is -2.63. The molecule has 3 aliphatic carbocycles. The average Bonchev–Trinajstić information content (AvgIpc) is 2.99. The first-order valence-electron chi connectivity index (χ1n) is 16.3. The average molecular weight is 635 g/mol. The maximum absolute atomic E-state index is 14.4. The standard InChI is InChI=1S/C40H42O7/c1-22(2)32-34(43)30(23(3)41)36(45)40(47)37(46)33-35(44)31-28(20-38(33,4)21-39(32,40)5)27(17-18-29(31)42)26-16-10-15-25(19-26)14-9-13-24-11-7-6-8-12-24/h6-8,10-12,15-19,22,32,42-43,46-47H,9,13-14,20-21H2,1-5H3/t32?,38-,39-,40+/m1/s1. The normalized spacial score (nSPS) is 27.1. The van der Waals surface area contributed by atoms with Gasteiger partial charge in [0.15, 0.2) is 17.2 Å². The van der Waals surface area contributed by atoms with Gasteiger partial charge >= 0.3 is 0 Å². The number of phenols is 1. The van der Waals surface area contributed by atoms with E-state index < -0.39 is 56.8 Å². The summed E-state index contributed by atoms with van der Waals surface area (Å²) < 4.78 is 0. The zero-order chi connectivity index (χ0) is 34.1. The number of hydrogen-bond donors (Lipinski definition) is 4. The first-order valence-corrected chi connectivity index (χ1v) is 16.3. The Morgan fingerprint density at radius 2 is 1.57 bits per heavy atom. The van der Waals surface area contributed by atoms with Gasteiger partial charge in [-0.25, -0.2) is 0 Å². The topological polar surface area (TPSA) is 132 Å². The van der Waals surface area contributed by atoms with Crippen LogP contribution in [0.4, 0.5) is 0 Å². The van der Waals surface area contributed by atoms with Crippen LogP contribution in [0.2, 0.25) is 0 Å². The second kappa shape index (κ2) is 11.3. The Morgan fingerprint density at radius 1 is 0.915 bits per heavy atom. The smallest absolute Gasteiger partial charge is 0.209 e. The van der Waals surface area contributed by atoms with Crippen molar-refractivity contribution in [3.8, 4) is 16.9 Å². The number of aromatic hydroxyl groups is 1. The summed E-state index contributed by atoms with van der Waals surface area (Å²) in [6.07, 6.45) is 3.06. The second-order valence-corrected chi connectivity index (χ2v) is 14.5. The number of hydrogen-bond acceptors (Lipinski definition) is 7. The summed E-state index contributed by atoms with van der Waals surface area (Å²) in [6, 6.07) is 21.7. The van der Waals surface area contributed by atoms with E-state index in [1.807, 2.05) is 51.1 Å². The van der Waals surface area contributed by atoms with E-state index in [1.165, 1.54) is 11.6 Å². The summed E-state index contributed by atoms with van der Waals surface area (Å²) in [5.74, 6) is -5.17. The zero-order valence-corrected chi connectivity index (χ0v) is 27.6. The Morgan fingerprint density at radius 3 is 2.23 bits per heavy atom. The number of phenolic OH excluding ortho intramolecular Hbond substituents is 1. The van der Waals surface area contributed by atoms with Crippen molar-refractivity contribution >= 4 is 17.3 Å². The van der Waals surface area contributed by atoms with Gasteiger partial charge in [0.1, 0.15) is 22.8 Å². The Hall–Kier alpha value is -4.49. The van der Waals surface area contributed by atoms with E-state index in [0.29, 0.717) is 5.56 Å². The van der Waals surface area contributed by atoms with E-state index in [9.17, 15) is 34.8 Å². The van der Waals surface area contributed by atoms with Crippen LogP contribution in [0.5, 0.6) is 5.75 Å². The van der Waals surface area contributed by atoms with E-state index >= 15 is 0 Å². The predicted molar refractivity (Wildman–Crippen MR) is 179 cm³/mol. The van der Waals surface area contributed by atoms with Crippen LogP contribution in [0, 0.1) is 22.7 Å². The molecular weight excluding hydrogens is 592 g/mol. The molecule has 3 aromatic rings. The molecule has 0 bridgehead atoms. The van der Waals surface area contributed by atoms with Crippen molar-refractivity contribution < 1.29 is 34.8 Å². The third-order valence-corrected chi connectivity index (χ3v) is 10.9. The molecular formula is C40H42O7. The highest BCUT2D eigenvalue weighted by atomic mass is 16.3. The molecule has 6 rings (SSSR count). The van der Waals surface area contributed by atoms with E-state index in [2.05, 4.69) is 24.3 Å². The third kappa shape index (κ3) is 4.77. The predicted octanol–water partition coefficient (Wildman–Crippen LogP) is 7.19. The number of rotatable bonds is 7. The lowest BCUT2D eigenvalue weighted by molar-refractivity contribution is -0.171. The molecule has 0 radical (unpaired) electrons. The van der Waals surface area contributed by atoms with Gasteiger partial charge < -0.3 is 20.4 Å². The Labute approximate surface area is 275 Å². The molecule has 1 unspecified atom stereocenters. The van der Waals surface area contributed by atoms with Gasteiger partial charge in [0.05, 0.1) is 5.56 Å². The molecule has 0 fully saturated rings. The third-order valence-electron chi connectivity index (χ3n) is 10.9. The monoisotopic (exact) mass is 634 g/mol. The van der Waals surface area contributed by atoms with Gasteiger partial charge in [0.2, 0.25) is 5.78 Å². The summed E-state index contributed by atoms with van der Waals surface area (Å²) in [5, 5.41) is 46.6. The van der Waals surface area contributed by atoms with E-state index in [0.717, 1.165) is 42.9 Å². The highest BCUT2D eigenvalue weighted by Gasteiger charge is 2.71. The molecule has 0 heterocycles. The molecule has 0 saturated carbocycles. The molecule has 0 amide bonds. The van der Waals surface area contributed by atoms with Crippen LogP contribution in [-0.4, -0.2) is 43.4 Å². The zero-order valence-electron chi connectivity index (χ0n) is 27.6. The van der Waals surface area contributed by atoms with Crippen molar-refractivity contribution in [1.29, 1.82) is 0 Å². The summed E-state index contributed by atoms with van der Waals surface area (Å²) in [7, 11) is 0. The highest BCUT2D eigenvalue weighted by molar-refractivity contribution is 6.25. The van der Waals surface area contributed by atoms with Crippen LogP contribution in [-0.2, 0) is 28.9 Å². The van der Waals surface area contributed by atoms with Crippen LogP contribution >= 0.6 is 0 Å². The van der Waals surface area contributed by atoms with Gasteiger partial charge in [-0.3, -0.25) is 14.4 Å². The van der Waals surface area contributed by atoms with E-state index in [-0.39, 0.29) is 35.6 Å². The number of aliphatic hydroxyl groups excluding tert-OH is 2. The largest absolute Gasteiger partial charge is 0.511 e. The maximum Gasteiger partial charge on any atom is 0.209 e. The first-order chi connectivity index (χ1) is 22.2. The molecule has 244 valence electrons. The molecule has 47 heavy (non-hydrogen) atoms. The number of fused-ring (bicyclic) bond motifs is 3. The fourth-order valence-corrected chi connectivity index (χ4v) is 9.04. The van der Waals surface area contributed by atoms with Crippen LogP contribution < -0.4 is 0 Å². The summed E-state index contributed by atoms with van der Waals surface area (Å²) in [6.45, 7) is 8.24. The second-order valence-electron chi connectivity index (χ2n) is 14.5. The minimum absolute atomic E-state index is 0.0251. The highest BCUT2D eigenvalue weighted by Crippen LogP contribution is 2.65. The molecule has 4 atom stereocenters. The van der Waals surface area contributed by atoms with E-state index in [4.69, 9.17) is 0 Å². The fourth-order valence-electron chi connectivity index (χ4n) is 9.04. The molecule has 3 aliphatic rings. The number of benzene rings is 3. The number of carbonyl (C=O) groups excluding carboxylic acids is 3. The Balaban J connectivity index is 1.45. The number of ketones is 3. The minimum Gasteiger partial charge on any atom is -0.511 e. The fraction of sp³-hybridized carbons (Fsp3) is 0.375. The summed E-state index contributed by atoms with van der Waals surface area (Å²) >= 11 is 0. The van der Waals surface area contributed by atoms with E-state index in [1.54, 1.807) is 13.0 Å². The van der Waals surface area contributed by atoms with Crippen molar-refractivity contribution in [3.63, 3.8) is 0 Å². The maximum atomic E-state index is 14.4. The van der Waals surface area contributed by atoms with Crippen molar-refractivity contribution in [2.24, 2.45) is 22.7 Å². The lowest BCUT2D eigenvalue weighted by Crippen LogP contribution is -2.67. The molecule has 0 aromatic heterocycles. The van der Waals surface area contributed by atoms with Gasteiger partial charge in [-0.2, -0.15) is 0 Å². The quantitative estimate of drug-likeness (QED) is 0.202. The van der Waals surface area contributed by atoms with Crippen molar-refractivity contribution in [2.45, 2.75) is 72.3 Å². The number of aryl methyl sites for hydroxylation is 2. The Bertz CT molecular complexity index is 1880. The van der Waals surface area contributed by atoms with Crippen molar-refractivity contribution in [3.05, 3.63) is 112 Å². The van der Waals surface area contributed by atoms with Gasteiger partial charge in [-0.05, 0) is 78.8 Å². The van der Waals surface area contributed by atoms with Gasteiger partial charge in [0, 0.05) is 22.3 Å². The lowest BCUT2D eigenvalue weighted by atomic mass is 9.44. The summed E-state index contributed by atoms with van der Waals surface area (Å²) in [4.78, 5) is 40.9. The Kier molecular flexibility index (Phi) is 7.83. The molecule has 0 aliphatic heterocycles. The molecule has 3 aromatic carbocycles. The molecule has 7 nitrogen and oxygen atoms in total. The van der Waals surface area contributed by atoms with Gasteiger partial charge in [0.25, 0.3) is 0 Å². The van der Waals surface area contributed by atoms with Gasteiger partial charge in [-0.1, -0.05) is 88.4 Å². The van der Waals surface area contributed by atoms with Crippen molar-refractivity contribution in [2.75, 3.05) is 0 Å². The van der Waals surface area contributed by atoms with Crippen molar-refractivity contribution in [1.82, 2.24) is 0 Å². The number of allylic oxidation sites excluding steroid dienone is 2. The summed E-state index contributed by atoms with van der Waals surface area (Å²) in [5.41, 5.74) is -1.12. The van der Waals surface area contributed by atoms with Crippen LogP contribution in [0.1, 0.15) is 74.5 Å².